The average molecular weight is 326 g/mol. The largest absolute Gasteiger partial charge is 0.481 e. The maximum atomic E-state index is 12.1. The molecule has 1 rings (SSSR count). The first kappa shape index (κ1) is 20.1. The van der Waals surface area contributed by atoms with Gasteiger partial charge in [0.1, 0.15) is 5.78 Å². The molecular formula is C19H34O4. The number of aliphatic carboxylic acids is 1. The Kier molecular flexibility index (Phi) is 11.0. The number of Topliss-reactive ketones (excluding diaryl/α,β-unsaturated/α-hetero) is 1. The Labute approximate surface area is 141 Å². The zero-order valence-electron chi connectivity index (χ0n) is 14.7. The molecule has 4 nitrogen and oxygen atoms in total. The summed E-state index contributed by atoms with van der Waals surface area (Å²) in [5, 5.41) is 8.61. The first-order valence-electron chi connectivity index (χ1n) is 9.47. The van der Waals surface area contributed by atoms with Crippen LogP contribution in [0.2, 0.25) is 0 Å². The summed E-state index contributed by atoms with van der Waals surface area (Å²) >= 11 is 0. The van der Waals surface area contributed by atoms with E-state index in [0.29, 0.717) is 11.7 Å². The number of carbonyl (C=O) groups excluding carboxylic acids is 1. The lowest BCUT2D eigenvalue weighted by atomic mass is 9.86. The second-order valence-electron chi connectivity index (χ2n) is 6.83. The van der Waals surface area contributed by atoms with E-state index in [1.165, 1.54) is 0 Å². The van der Waals surface area contributed by atoms with Gasteiger partial charge in [-0.15, -0.1) is 0 Å². The number of carbonyl (C=O) groups is 2. The highest BCUT2D eigenvalue weighted by Gasteiger charge is 2.33. The van der Waals surface area contributed by atoms with E-state index < -0.39 is 5.97 Å². The van der Waals surface area contributed by atoms with Crippen LogP contribution < -0.4 is 0 Å². The highest BCUT2D eigenvalue weighted by Crippen LogP contribution is 2.36. The summed E-state index contributed by atoms with van der Waals surface area (Å²) in [6, 6.07) is 0. The number of rotatable bonds is 14. The van der Waals surface area contributed by atoms with Crippen molar-refractivity contribution >= 4 is 11.8 Å². The molecule has 1 saturated carbocycles. The number of hydrogen-bond acceptors (Lipinski definition) is 3. The molecule has 0 amide bonds. The maximum absolute atomic E-state index is 12.1. The molecule has 0 aliphatic heterocycles. The van der Waals surface area contributed by atoms with Crippen molar-refractivity contribution in [3.8, 4) is 0 Å². The highest BCUT2D eigenvalue weighted by atomic mass is 16.5. The van der Waals surface area contributed by atoms with Crippen molar-refractivity contribution in [1.82, 2.24) is 0 Å². The molecule has 0 aromatic heterocycles. The number of carboxylic acid groups (broad SMARTS) is 1. The maximum Gasteiger partial charge on any atom is 0.303 e. The van der Waals surface area contributed by atoms with Crippen LogP contribution in [0, 0.1) is 11.8 Å². The lowest BCUT2D eigenvalue weighted by molar-refractivity contribution is -0.137. The van der Waals surface area contributed by atoms with Crippen LogP contribution >= 0.6 is 0 Å². The zero-order valence-corrected chi connectivity index (χ0v) is 14.7. The first-order chi connectivity index (χ1) is 11.1. The molecule has 0 spiro atoms. The van der Waals surface area contributed by atoms with Crippen molar-refractivity contribution in [1.29, 1.82) is 0 Å². The van der Waals surface area contributed by atoms with Gasteiger partial charge < -0.3 is 9.84 Å². The summed E-state index contributed by atoms with van der Waals surface area (Å²) in [7, 11) is 0. The molecular weight excluding hydrogens is 292 g/mol. The smallest absolute Gasteiger partial charge is 0.303 e. The number of hydrogen-bond donors (Lipinski definition) is 1. The Morgan fingerprint density at radius 3 is 2.57 bits per heavy atom. The SMILES string of the molecule is CCCOCCCC[C@H]1CCC(=O)[C@@H]1CCCCCCC(=O)O. The Bertz CT molecular complexity index is 340. The summed E-state index contributed by atoms with van der Waals surface area (Å²) in [5.74, 6) is 0.598. The van der Waals surface area contributed by atoms with Crippen LogP contribution in [-0.2, 0) is 14.3 Å². The minimum Gasteiger partial charge on any atom is -0.481 e. The fraction of sp³-hybridized carbons (Fsp3) is 0.895. The minimum absolute atomic E-state index is 0.269. The van der Waals surface area contributed by atoms with Gasteiger partial charge in [-0.1, -0.05) is 32.6 Å². The lowest BCUT2D eigenvalue weighted by Crippen LogP contribution is -2.15. The van der Waals surface area contributed by atoms with Crippen molar-refractivity contribution in [2.45, 2.75) is 84.0 Å². The average Bonchev–Trinajstić information content (AvgIpc) is 2.86. The third-order valence-corrected chi connectivity index (χ3v) is 4.86. The fourth-order valence-electron chi connectivity index (χ4n) is 3.57. The van der Waals surface area contributed by atoms with E-state index in [9.17, 15) is 9.59 Å². The molecule has 0 bridgehead atoms. The molecule has 0 saturated heterocycles. The van der Waals surface area contributed by atoms with Gasteiger partial charge in [-0.25, -0.2) is 0 Å². The third-order valence-electron chi connectivity index (χ3n) is 4.86. The molecule has 1 aliphatic rings. The molecule has 4 heteroatoms. The summed E-state index contributed by atoms with van der Waals surface area (Å²) in [5.41, 5.74) is 0. The van der Waals surface area contributed by atoms with E-state index in [1.54, 1.807) is 0 Å². The fourth-order valence-corrected chi connectivity index (χ4v) is 3.57. The predicted molar refractivity (Wildman–Crippen MR) is 91.5 cm³/mol. The third kappa shape index (κ3) is 9.09. The van der Waals surface area contributed by atoms with Gasteiger partial charge in [0, 0.05) is 32.0 Å². The summed E-state index contributed by atoms with van der Waals surface area (Å²) < 4.78 is 5.51. The highest BCUT2D eigenvalue weighted by molar-refractivity contribution is 5.83. The summed E-state index contributed by atoms with van der Waals surface area (Å²) in [6.45, 7) is 3.82. The number of ketones is 1. The van der Waals surface area contributed by atoms with Gasteiger partial charge in [0.25, 0.3) is 0 Å². The second-order valence-corrected chi connectivity index (χ2v) is 6.83. The van der Waals surface area contributed by atoms with Crippen LogP contribution in [0.15, 0.2) is 0 Å². The van der Waals surface area contributed by atoms with Gasteiger partial charge in [0.05, 0.1) is 0 Å². The Balaban J connectivity index is 2.11. The molecule has 0 heterocycles. The van der Waals surface area contributed by atoms with Crippen molar-refractivity contribution in [3.05, 3.63) is 0 Å². The number of ether oxygens (including phenoxy) is 1. The number of unbranched alkanes of at least 4 members (excludes halogenated alkanes) is 4. The molecule has 23 heavy (non-hydrogen) atoms. The van der Waals surface area contributed by atoms with Crippen molar-refractivity contribution < 1.29 is 19.4 Å². The first-order valence-corrected chi connectivity index (χ1v) is 9.47. The van der Waals surface area contributed by atoms with Crippen molar-refractivity contribution in [2.24, 2.45) is 11.8 Å². The van der Waals surface area contributed by atoms with E-state index in [0.717, 1.165) is 83.8 Å². The molecule has 0 radical (unpaired) electrons. The molecule has 2 atom stereocenters. The van der Waals surface area contributed by atoms with Crippen molar-refractivity contribution in [3.63, 3.8) is 0 Å². The van der Waals surface area contributed by atoms with Gasteiger partial charge in [-0.2, -0.15) is 0 Å². The molecule has 0 aromatic rings. The number of carboxylic acids is 1. The van der Waals surface area contributed by atoms with Crippen LogP contribution in [-0.4, -0.2) is 30.1 Å². The van der Waals surface area contributed by atoms with Gasteiger partial charge in [0.2, 0.25) is 0 Å². The molecule has 1 aliphatic carbocycles. The van der Waals surface area contributed by atoms with E-state index in [4.69, 9.17) is 9.84 Å². The quantitative estimate of drug-likeness (QED) is 0.474. The minimum atomic E-state index is -0.709. The Morgan fingerprint density at radius 2 is 1.83 bits per heavy atom. The topological polar surface area (TPSA) is 63.6 Å². The van der Waals surface area contributed by atoms with Crippen LogP contribution in [0.25, 0.3) is 0 Å². The van der Waals surface area contributed by atoms with Crippen molar-refractivity contribution in [2.75, 3.05) is 13.2 Å². The zero-order chi connectivity index (χ0) is 16.9. The van der Waals surface area contributed by atoms with E-state index in [2.05, 4.69) is 6.92 Å². The normalized spacial score (nSPS) is 21.0. The molecule has 1 N–H and O–H groups in total. The molecule has 0 aromatic carbocycles. The van der Waals surface area contributed by atoms with Crippen LogP contribution in [0.4, 0.5) is 0 Å². The molecule has 0 unspecified atom stereocenters. The standard InChI is InChI=1S/C19H34O4/c1-2-14-23-15-8-7-9-16-12-13-18(20)17(16)10-5-3-4-6-11-19(21)22/h16-17H,2-15H2,1H3,(H,21,22)/t16-,17+/m0/s1. The Morgan fingerprint density at radius 1 is 1.09 bits per heavy atom. The molecule has 134 valence electrons. The summed E-state index contributed by atoms with van der Waals surface area (Å²) in [4.78, 5) is 22.5. The van der Waals surface area contributed by atoms with Gasteiger partial charge in [0.15, 0.2) is 0 Å². The van der Waals surface area contributed by atoms with E-state index in [1.807, 2.05) is 0 Å². The van der Waals surface area contributed by atoms with Gasteiger partial charge >= 0.3 is 5.97 Å². The van der Waals surface area contributed by atoms with Crippen LogP contribution in [0.5, 0.6) is 0 Å². The second kappa shape index (κ2) is 12.5. The van der Waals surface area contributed by atoms with Crippen LogP contribution in [0.3, 0.4) is 0 Å². The Hall–Kier alpha value is -0.900. The summed E-state index contributed by atoms with van der Waals surface area (Å²) in [6.07, 6.45) is 11.4. The van der Waals surface area contributed by atoms with Gasteiger partial charge in [-0.3, -0.25) is 9.59 Å². The monoisotopic (exact) mass is 326 g/mol. The van der Waals surface area contributed by atoms with E-state index >= 15 is 0 Å². The van der Waals surface area contributed by atoms with Gasteiger partial charge in [-0.05, 0) is 44.4 Å². The van der Waals surface area contributed by atoms with Crippen LogP contribution in [0.1, 0.15) is 84.0 Å². The lowest BCUT2D eigenvalue weighted by Gasteiger charge is -2.18. The molecule has 1 fully saturated rings. The predicted octanol–water partition coefficient (Wildman–Crippen LogP) is 4.60. The van der Waals surface area contributed by atoms with E-state index in [-0.39, 0.29) is 12.3 Å².